The Morgan fingerprint density at radius 1 is 1.15 bits per heavy atom. The zero-order valence-electron chi connectivity index (χ0n) is 16.8. The minimum Gasteiger partial charge on any atom is -0.338 e. The highest BCUT2D eigenvalue weighted by Gasteiger charge is 2.16. The first-order valence-corrected chi connectivity index (χ1v) is 9.24. The summed E-state index contributed by atoms with van der Waals surface area (Å²) >= 11 is 0. The number of amides is 2. The smallest absolute Gasteiger partial charge is 0.315 e. The average Bonchev–Trinajstić information content (AvgIpc) is 2.57. The quantitative estimate of drug-likeness (QED) is 0.825. The fourth-order valence-corrected chi connectivity index (χ4v) is 3.08. The van der Waals surface area contributed by atoms with Crippen LogP contribution in [0.15, 0.2) is 36.5 Å². The standard InChI is InChI=1S/C22H31N3O/c1-15-13-18(22(4,5)6)14-16(2)19(15)10-12-24-21(26)25-17(3)20-9-7-8-11-23-20/h7-9,11,13-14,17H,10,12H2,1-6H3,(H2,24,25,26)/t17-/m1/s1. The maximum atomic E-state index is 12.1. The number of hydrogen-bond acceptors (Lipinski definition) is 2. The lowest BCUT2D eigenvalue weighted by Crippen LogP contribution is -2.38. The summed E-state index contributed by atoms with van der Waals surface area (Å²) in [5.41, 5.74) is 6.25. The lowest BCUT2D eigenvalue weighted by Gasteiger charge is -2.22. The number of nitrogens with one attached hydrogen (secondary N) is 2. The Bertz CT molecular complexity index is 725. The van der Waals surface area contributed by atoms with E-state index < -0.39 is 0 Å². The number of aromatic nitrogens is 1. The molecule has 1 heterocycles. The highest BCUT2D eigenvalue weighted by molar-refractivity contribution is 5.74. The van der Waals surface area contributed by atoms with Crippen LogP contribution in [-0.4, -0.2) is 17.6 Å². The largest absolute Gasteiger partial charge is 0.338 e. The zero-order valence-corrected chi connectivity index (χ0v) is 16.8. The third kappa shape index (κ3) is 5.32. The van der Waals surface area contributed by atoms with Gasteiger partial charge in [0.25, 0.3) is 0 Å². The molecule has 4 heteroatoms. The second-order valence-corrected chi connectivity index (χ2v) is 7.97. The van der Waals surface area contributed by atoms with Gasteiger partial charge in [0.05, 0.1) is 11.7 Å². The first kappa shape index (κ1) is 20.0. The molecule has 26 heavy (non-hydrogen) atoms. The van der Waals surface area contributed by atoms with Crippen LogP contribution < -0.4 is 10.6 Å². The van der Waals surface area contributed by atoms with Crippen LogP contribution in [0.5, 0.6) is 0 Å². The van der Waals surface area contributed by atoms with Crippen LogP contribution in [0.4, 0.5) is 4.79 Å². The van der Waals surface area contributed by atoms with Gasteiger partial charge in [-0.2, -0.15) is 0 Å². The molecule has 2 aromatic rings. The van der Waals surface area contributed by atoms with Gasteiger partial charge in [-0.3, -0.25) is 4.98 Å². The number of pyridine rings is 1. The monoisotopic (exact) mass is 353 g/mol. The summed E-state index contributed by atoms with van der Waals surface area (Å²) in [5, 5.41) is 5.88. The molecule has 2 N–H and O–H groups in total. The number of urea groups is 1. The third-order valence-electron chi connectivity index (χ3n) is 4.70. The van der Waals surface area contributed by atoms with Crippen LogP contribution in [0.2, 0.25) is 0 Å². The van der Waals surface area contributed by atoms with Crippen molar-refractivity contribution in [3.8, 4) is 0 Å². The molecule has 1 atom stereocenters. The molecule has 0 unspecified atom stereocenters. The van der Waals surface area contributed by atoms with Crippen molar-refractivity contribution in [2.75, 3.05) is 6.54 Å². The maximum absolute atomic E-state index is 12.1. The summed E-state index contributed by atoms with van der Waals surface area (Å²) in [5.74, 6) is 0. The van der Waals surface area contributed by atoms with Crippen molar-refractivity contribution >= 4 is 6.03 Å². The number of benzene rings is 1. The van der Waals surface area contributed by atoms with E-state index in [1.54, 1.807) is 6.20 Å². The summed E-state index contributed by atoms with van der Waals surface area (Å²) in [6.07, 6.45) is 2.56. The fraction of sp³-hybridized carbons (Fsp3) is 0.455. The van der Waals surface area contributed by atoms with E-state index in [0.29, 0.717) is 6.54 Å². The Morgan fingerprint density at radius 2 is 1.81 bits per heavy atom. The van der Waals surface area contributed by atoms with Gasteiger partial charge in [0.2, 0.25) is 0 Å². The third-order valence-corrected chi connectivity index (χ3v) is 4.70. The molecule has 0 spiro atoms. The van der Waals surface area contributed by atoms with Gasteiger partial charge in [-0.1, -0.05) is 39.0 Å². The Morgan fingerprint density at radius 3 is 2.35 bits per heavy atom. The van der Waals surface area contributed by atoms with Crippen molar-refractivity contribution in [1.82, 2.24) is 15.6 Å². The molecule has 0 saturated carbocycles. The van der Waals surface area contributed by atoms with Crippen LogP contribution in [0.25, 0.3) is 0 Å². The molecule has 1 aromatic carbocycles. The Kier molecular flexibility index (Phi) is 6.41. The number of carbonyl (C=O) groups is 1. The number of hydrogen-bond donors (Lipinski definition) is 2. The van der Waals surface area contributed by atoms with Crippen molar-refractivity contribution in [2.24, 2.45) is 0 Å². The second-order valence-electron chi connectivity index (χ2n) is 7.97. The van der Waals surface area contributed by atoms with E-state index in [2.05, 4.69) is 62.4 Å². The number of aryl methyl sites for hydroxylation is 2. The van der Waals surface area contributed by atoms with Gasteiger partial charge in [0, 0.05) is 12.7 Å². The predicted molar refractivity (Wildman–Crippen MR) is 108 cm³/mol. The molecule has 2 rings (SSSR count). The molecular weight excluding hydrogens is 322 g/mol. The van der Waals surface area contributed by atoms with Gasteiger partial charge in [0.1, 0.15) is 0 Å². The molecule has 2 amide bonds. The summed E-state index contributed by atoms with van der Waals surface area (Å²) in [4.78, 5) is 16.4. The van der Waals surface area contributed by atoms with Crippen LogP contribution >= 0.6 is 0 Å². The van der Waals surface area contributed by atoms with Crippen LogP contribution in [0, 0.1) is 13.8 Å². The molecule has 0 radical (unpaired) electrons. The number of nitrogens with zero attached hydrogens (tertiary/aromatic N) is 1. The lowest BCUT2D eigenvalue weighted by molar-refractivity contribution is 0.238. The Hall–Kier alpha value is -2.36. The molecule has 140 valence electrons. The van der Waals surface area contributed by atoms with Gasteiger partial charge in [0.15, 0.2) is 0 Å². The van der Waals surface area contributed by atoms with Crippen molar-refractivity contribution in [3.63, 3.8) is 0 Å². The molecule has 0 saturated heterocycles. The Labute approximate surface area is 157 Å². The van der Waals surface area contributed by atoms with E-state index in [-0.39, 0.29) is 17.5 Å². The molecular formula is C22H31N3O. The molecule has 0 aliphatic rings. The topological polar surface area (TPSA) is 54.0 Å². The first-order chi connectivity index (χ1) is 12.2. The molecule has 0 fully saturated rings. The van der Waals surface area contributed by atoms with Gasteiger partial charge in [-0.15, -0.1) is 0 Å². The summed E-state index contributed by atoms with van der Waals surface area (Å²) in [7, 11) is 0. The normalized spacial score (nSPS) is 12.5. The minimum atomic E-state index is -0.162. The molecule has 4 nitrogen and oxygen atoms in total. The number of rotatable bonds is 5. The highest BCUT2D eigenvalue weighted by atomic mass is 16.2. The summed E-state index contributed by atoms with van der Waals surface area (Å²) < 4.78 is 0. The fourth-order valence-electron chi connectivity index (χ4n) is 3.08. The SMILES string of the molecule is Cc1cc(C(C)(C)C)cc(C)c1CCNC(=O)N[C@H](C)c1ccccn1. The van der Waals surface area contributed by atoms with Crippen molar-refractivity contribution in [2.45, 2.75) is 59.4 Å². The van der Waals surface area contributed by atoms with E-state index in [4.69, 9.17) is 0 Å². The lowest BCUT2D eigenvalue weighted by atomic mass is 9.83. The maximum Gasteiger partial charge on any atom is 0.315 e. The molecule has 0 bridgehead atoms. The van der Waals surface area contributed by atoms with Crippen molar-refractivity contribution < 1.29 is 4.79 Å². The minimum absolute atomic E-state index is 0.120. The molecule has 0 aliphatic heterocycles. The molecule has 0 aliphatic carbocycles. The van der Waals surface area contributed by atoms with E-state index in [9.17, 15) is 4.79 Å². The van der Waals surface area contributed by atoms with Gasteiger partial charge >= 0.3 is 6.03 Å². The second kappa shape index (κ2) is 8.35. The predicted octanol–water partition coefficient (Wildman–Crippen LogP) is 4.60. The average molecular weight is 354 g/mol. The number of carbonyl (C=O) groups excluding carboxylic acids is 1. The summed E-state index contributed by atoms with van der Waals surface area (Å²) in [6, 6.07) is 9.96. The highest BCUT2D eigenvalue weighted by Crippen LogP contribution is 2.27. The van der Waals surface area contributed by atoms with E-state index >= 15 is 0 Å². The van der Waals surface area contributed by atoms with Crippen molar-refractivity contribution in [1.29, 1.82) is 0 Å². The molecule has 1 aromatic heterocycles. The van der Waals surface area contributed by atoms with E-state index in [1.165, 1.54) is 22.3 Å². The zero-order chi connectivity index (χ0) is 19.3. The first-order valence-electron chi connectivity index (χ1n) is 9.24. The van der Waals surface area contributed by atoms with Gasteiger partial charge in [-0.25, -0.2) is 4.79 Å². The van der Waals surface area contributed by atoms with Crippen LogP contribution in [-0.2, 0) is 11.8 Å². The van der Waals surface area contributed by atoms with Crippen LogP contribution in [0.1, 0.15) is 61.7 Å². The van der Waals surface area contributed by atoms with Crippen LogP contribution in [0.3, 0.4) is 0 Å². The van der Waals surface area contributed by atoms with Crippen molar-refractivity contribution in [3.05, 3.63) is 64.5 Å². The van der Waals surface area contributed by atoms with E-state index in [0.717, 1.165) is 12.1 Å². The van der Waals surface area contributed by atoms with Gasteiger partial charge in [-0.05, 0) is 67.0 Å². The Balaban J connectivity index is 1.90. The van der Waals surface area contributed by atoms with Gasteiger partial charge < -0.3 is 10.6 Å². The van der Waals surface area contributed by atoms with E-state index in [1.807, 2.05) is 25.1 Å². The summed E-state index contributed by atoms with van der Waals surface area (Å²) in [6.45, 7) is 13.5.